The van der Waals surface area contributed by atoms with Crippen LogP contribution in [0.15, 0.2) is 12.4 Å². The summed E-state index contributed by atoms with van der Waals surface area (Å²) in [5, 5.41) is 3.58. The molecule has 3 rings (SSSR count). The quantitative estimate of drug-likeness (QED) is 0.799. The van der Waals surface area contributed by atoms with E-state index in [2.05, 4.69) is 20.2 Å². The van der Waals surface area contributed by atoms with Crippen LogP contribution >= 0.6 is 0 Å². The third-order valence-corrected chi connectivity index (χ3v) is 3.71. The zero-order valence-corrected chi connectivity index (χ0v) is 9.65. The average molecular weight is 220 g/mol. The summed E-state index contributed by atoms with van der Waals surface area (Å²) in [7, 11) is 0. The van der Waals surface area contributed by atoms with Gasteiger partial charge in [0, 0.05) is 24.5 Å². The van der Waals surface area contributed by atoms with Crippen molar-refractivity contribution in [3.05, 3.63) is 18.2 Å². The van der Waals surface area contributed by atoms with Gasteiger partial charge in [0.25, 0.3) is 0 Å². The Bertz CT molecular complexity index is 310. The van der Waals surface area contributed by atoms with Gasteiger partial charge in [0.2, 0.25) is 0 Å². The Hall–Kier alpha value is -0.870. The first-order valence-corrected chi connectivity index (χ1v) is 6.37. The van der Waals surface area contributed by atoms with Gasteiger partial charge in [-0.25, -0.2) is 4.98 Å². The van der Waals surface area contributed by atoms with E-state index in [0.717, 1.165) is 18.4 Å². The van der Waals surface area contributed by atoms with Crippen molar-refractivity contribution in [2.45, 2.75) is 44.3 Å². The molecule has 1 saturated carbocycles. The van der Waals surface area contributed by atoms with Crippen LogP contribution in [0.4, 0.5) is 0 Å². The summed E-state index contributed by atoms with van der Waals surface area (Å²) >= 11 is 0. The largest absolute Gasteiger partial charge is 0.348 e. The van der Waals surface area contributed by atoms with E-state index in [0.29, 0.717) is 6.04 Å². The van der Waals surface area contributed by atoms with Crippen molar-refractivity contribution >= 4 is 0 Å². The molecule has 0 spiro atoms. The van der Waals surface area contributed by atoms with E-state index in [1.165, 1.54) is 38.8 Å². The first-order valence-electron chi connectivity index (χ1n) is 6.37. The summed E-state index contributed by atoms with van der Waals surface area (Å²) in [6.45, 7) is 3.43. The van der Waals surface area contributed by atoms with Gasteiger partial charge in [-0.3, -0.25) is 0 Å². The van der Waals surface area contributed by atoms with E-state index in [4.69, 9.17) is 0 Å². The number of aromatic nitrogens is 2. The lowest BCUT2D eigenvalue weighted by Crippen LogP contribution is -2.43. The van der Waals surface area contributed by atoms with Gasteiger partial charge < -0.3 is 15.2 Å². The molecule has 0 amide bonds. The van der Waals surface area contributed by atoms with Crippen molar-refractivity contribution in [1.29, 1.82) is 0 Å². The average Bonchev–Trinajstić information content (AvgIpc) is 3.05. The molecule has 4 heteroatoms. The van der Waals surface area contributed by atoms with Crippen molar-refractivity contribution < 1.29 is 0 Å². The standard InChI is InChI=1S/C12H20N4/c1-2-11(1)16-7-3-10(4-8-16)15-9-12-13-5-6-14-12/h5-6,10-11,15H,1-4,7-9H2,(H,13,14). The molecule has 16 heavy (non-hydrogen) atoms. The van der Waals surface area contributed by atoms with Crippen molar-refractivity contribution in [1.82, 2.24) is 20.2 Å². The molecule has 88 valence electrons. The predicted octanol–water partition coefficient (Wildman–Crippen LogP) is 1.13. The molecule has 2 aliphatic rings. The van der Waals surface area contributed by atoms with E-state index in [1.807, 2.05) is 12.4 Å². The zero-order valence-electron chi connectivity index (χ0n) is 9.65. The molecule has 0 atom stereocenters. The summed E-state index contributed by atoms with van der Waals surface area (Å²) in [6, 6.07) is 1.62. The van der Waals surface area contributed by atoms with Gasteiger partial charge in [-0.2, -0.15) is 0 Å². The van der Waals surface area contributed by atoms with Gasteiger partial charge in [0.15, 0.2) is 0 Å². The third-order valence-electron chi connectivity index (χ3n) is 3.71. The molecule has 1 aromatic rings. The second-order valence-electron chi connectivity index (χ2n) is 4.96. The van der Waals surface area contributed by atoms with Crippen molar-refractivity contribution in [2.75, 3.05) is 13.1 Å². The SMILES string of the molecule is c1c[nH]c(CNC2CCN(C3CC3)CC2)n1. The number of imidazole rings is 1. The summed E-state index contributed by atoms with van der Waals surface area (Å²) in [6.07, 6.45) is 9.14. The molecule has 1 saturated heterocycles. The van der Waals surface area contributed by atoms with E-state index in [1.54, 1.807) is 0 Å². The highest BCUT2D eigenvalue weighted by atomic mass is 15.2. The summed E-state index contributed by atoms with van der Waals surface area (Å²) in [4.78, 5) is 10.0. The van der Waals surface area contributed by atoms with Crippen LogP contribution in [0.2, 0.25) is 0 Å². The number of hydrogen-bond donors (Lipinski definition) is 2. The molecule has 1 aliphatic heterocycles. The number of piperidine rings is 1. The number of nitrogens with one attached hydrogen (secondary N) is 2. The Kier molecular flexibility index (Phi) is 2.93. The summed E-state index contributed by atoms with van der Waals surface area (Å²) < 4.78 is 0. The number of aromatic amines is 1. The van der Waals surface area contributed by atoms with Gasteiger partial charge in [-0.05, 0) is 38.8 Å². The molecular weight excluding hydrogens is 200 g/mol. The minimum Gasteiger partial charge on any atom is -0.348 e. The summed E-state index contributed by atoms with van der Waals surface area (Å²) in [5.74, 6) is 1.05. The lowest BCUT2D eigenvalue weighted by Gasteiger charge is -2.32. The Morgan fingerprint density at radius 3 is 2.75 bits per heavy atom. The number of nitrogens with zero attached hydrogens (tertiary/aromatic N) is 2. The number of hydrogen-bond acceptors (Lipinski definition) is 3. The molecule has 0 aromatic carbocycles. The van der Waals surface area contributed by atoms with Crippen LogP contribution in [0.5, 0.6) is 0 Å². The topological polar surface area (TPSA) is 44.0 Å². The molecule has 2 fully saturated rings. The van der Waals surface area contributed by atoms with E-state index >= 15 is 0 Å². The van der Waals surface area contributed by atoms with E-state index < -0.39 is 0 Å². The monoisotopic (exact) mass is 220 g/mol. The second-order valence-corrected chi connectivity index (χ2v) is 4.96. The molecule has 1 aliphatic carbocycles. The lowest BCUT2D eigenvalue weighted by molar-refractivity contribution is 0.188. The summed E-state index contributed by atoms with van der Waals surface area (Å²) in [5.41, 5.74) is 0. The van der Waals surface area contributed by atoms with Crippen LogP contribution in [0, 0.1) is 0 Å². The lowest BCUT2D eigenvalue weighted by atomic mass is 10.1. The maximum Gasteiger partial charge on any atom is 0.120 e. The Labute approximate surface area is 96.4 Å². The molecule has 0 bridgehead atoms. The highest BCUT2D eigenvalue weighted by molar-refractivity contribution is 4.91. The van der Waals surface area contributed by atoms with Gasteiger partial charge >= 0.3 is 0 Å². The molecule has 0 unspecified atom stereocenters. The first kappa shape index (κ1) is 10.3. The molecule has 4 nitrogen and oxygen atoms in total. The van der Waals surface area contributed by atoms with Crippen LogP contribution < -0.4 is 5.32 Å². The maximum absolute atomic E-state index is 4.23. The van der Waals surface area contributed by atoms with Crippen molar-refractivity contribution in [3.8, 4) is 0 Å². The fourth-order valence-corrected chi connectivity index (χ4v) is 2.54. The Morgan fingerprint density at radius 1 is 1.31 bits per heavy atom. The molecule has 2 N–H and O–H groups in total. The number of likely N-dealkylation sites (tertiary alicyclic amines) is 1. The normalized spacial score (nSPS) is 23.8. The van der Waals surface area contributed by atoms with Crippen LogP contribution in [-0.2, 0) is 6.54 Å². The Balaban J connectivity index is 1.40. The van der Waals surface area contributed by atoms with Crippen molar-refractivity contribution in [3.63, 3.8) is 0 Å². The van der Waals surface area contributed by atoms with Gasteiger partial charge in [-0.15, -0.1) is 0 Å². The third kappa shape index (κ3) is 2.44. The van der Waals surface area contributed by atoms with Gasteiger partial charge in [-0.1, -0.05) is 0 Å². The zero-order chi connectivity index (χ0) is 10.8. The molecule has 1 aromatic heterocycles. The number of H-pyrrole nitrogens is 1. The van der Waals surface area contributed by atoms with Gasteiger partial charge in [0.1, 0.15) is 5.82 Å². The van der Waals surface area contributed by atoms with E-state index in [9.17, 15) is 0 Å². The first-order chi connectivity index (χ1) is 7.92. The van der Waals surface area contributed by atoms with Crippen LogP contribution in [0.1, 0.15) is 31.5 Å². The van der Waals surface area contributed by atoms with Crippen LogP contribution in [-0.4, -0.2) is 40.0 Å². The van der Waals surface area contributed by atoms with Crippen molar-refractivity contribution in [2.24, 2.45) is 0 Å². The predicted molar refractivity (Wildman–Crippen MR) is 63.0 cm³/mol. The Morgan fingerprint density at radius 2 is 2.12 bits per heavy atom. The second kappa shape index (κ2) is 4.55. The highest BCUT2D eigenvalue weighted by Crippen LogP contribution is 2.29. The maximum atomic E-state index is 4.23. The smallest absolute Gasteiger partial charge is 0.120 e. The highest BCUT2D eigenvalue weighted by Gasteiger charge is 2.31. The minimum atomic E-state index is 0.681. The molecule has 2 heterocycles. The van der Waals surface area contributed by atoms with Gasteiger partial charge in [0.05, 0.1) is 6.54 Å². The minimum absolute atomic E-state index is 0.681. The van der Waals surface area contributed by atoms with E-state index in [-0.39, 0.29) is 0 Å². The fraction of sp³-hybridized carbons (Fsp3) is 0.750. The number of rotatable bonds is 4. The van der Waals surface area contributed by atoms with Crippen LogP contribution in [0.25, 0.3) is 0 Å². The van der Waals surface area contributed by atoms with Crippen LogP contribution in [0.3, 0.4) is 0 Å². The molecular formula is C12H20N4. The molecule has 0 radical (unpaired) electrons. The fourth-order valence-electron chi connectivity index (χ4n) is 2.54.